The molecule has 0 atom stereocenters. The van der Waals surface area contributed by atoms with Crippen molar-refractivity contribution in [3.05, 3.63) is 82.4 Å². The molecule has 3 aromatic carbocycles. The number of hydrogen-bond donors (Lipinski definition) is 2. The SMILES string of the molecule is Cc1c(N)c2c(c(N)c1Oc1ccccc1)C(=O)c1ccccc1C2=O. The molecule has 0 radical (unpaired) electrons. The molecule has 0 unspecified atom stereocenters. The molecule has 0 heterocycles. The maximum atomic E-state index is 13.0. The summed E-state index contributed by atoms with van der Waals surface area (Å²) in [5.41, 5.74) is 14.3. The van der Waals surface area contributed by atoms with Crippen LogP contribution in [0.1, 0.15) is 37.4 Å². The highest BCUT2D eigenvalue weighted by atomic mass is 16.5. The largest absolute Gasteiger partial charge is 0.455 e. The van der Waals surface area contributed by atoms with Crippen molar-refractivity contribution in [2.24, 2.45) is 0 Å². The number of nitrogens with two attached hydrogens (primary N) is 2. The number of para-hydroxylation sites is 1. The van der Waals surface area contributed by atoms with Crippen LogP contribution in [0.25, 0.3) is 0 Å². The molecule has 0 aromatic heterocycles. The Morgan fingerprint density at radius 2 is 1.23 bits per heavy atom. The number of carbonyl (C=O) groups is 2. The first-order valence-electron chi connectivity index (χ1n) is 8.13. The van der Waals surface area contributed by atoms with Crippen LogP contribution >= 0.6 is 0 Å². The Balaban J connectivity index is 1.96. The fraction of sp³-hybridized carbons (Fsp3) is 0.0476. The lowest BCUT2D eigenvalue weighted by molar-refractivity contribution is 0.0980. The van der Waals surface area contributed by atoms with Crippen molar-refractivity contribution in [3.63, 3.8) is 0 Å². The van der Waals surface area contributed by atoms with Gasteiger partial charge in [-0.05, 0) is 19.1 Å². The van der Waals surface area contributed by atoms with Crippen LogP contribution in [0.2, 0.25) is 0 Å². The topological polar surface area (TPSA) is 95.4 Å². The van der Waals surface area contributed by atoms with Gasteiger partial charge < -0.3 is 16.2 Å². The molecule has 0 aliphatic heterocycles. The number of anilines is 2. The van der Waals surface area contributed by atoms with E-state index >= 15 is 0 Å². The normalized spacial score (nSPS) is 12.5. The smallest absolute Gasteiger partial charge is 0.196 e. The summed E-state index contributed by atoms with van der Waals surface area (Å²) in [6, 6.07) is 15.7. The monoisotopic (exact) mass is 344 g/mol. The van der Waals surface area contributed by atoms with Gasteiger partial charge in [0.25, 0.3) is 0 Å². The second-order valence-electron chi connectivity index (χ2n) is 6.15. The van der Waals surface area contributed by atoms with Crippen LogP contribution in [0.15, 0.2) is 54.6 Å². The molecule has 0 bridgehead atoms. The van der Waals surface area contributed by atoms with Crippen molar-refractivity contribution >= 4 is 22.9 Å². The van der Waals surface area contributed by atoms with Gasteiger partial charge in [0, 0.05) is 16.7 Å². The average Bonchev–Trinajstić information content (AvgIpc) is 2.67. The van der Waals surface area contributed by atoms with Crippen LogP contribution in [0.5, 0.6) is 11.5 Å². The highest BCUT2D eigenvalue weighted by Gasteiger charge is 2.35. The second-order valence-corrected chi connectivity index (χ2v) is 6.15. The van der Waals surface area contributed by atoms with E-state index in [2.05, 4.69) is 0 Å². The van der Waals surface area contributed by atoms with Gasteiger partial charge in [-0.15, -0.1) is 0 Å². The van der Waals surface area contributed by atoms with E-state index in [9.17, 15) is 9.59 Å². The Bertz CT molecular complexity index is 1070. The van der Waals surface area contributed by atoms with E-state index in [4.69, 9.17) is 16.2 Å². The minimum atomic E-state index is -0.322. The summed E-state index contributed by atoms with van der Waals surface area (Å²) in [6.07, 6.45) is 0. The molecule has 26 heavy (non-hydrogen) atoms. The maximum Gasteiger partial charge on any atom is 0.196 e. The molecule has 1 aliphatic carbocycles. The Morgan fingerprint density at radius 1 is 0.731 bits per heavy atom. The van der Waals surface area contributed by atoms with Gasteiger partial charge in [0.2, 0.25) is 0 Å². The second kappa shape index (κ2) is 5.74. The Kier molecular flexibility index (Phi) is 3.51. The number of rotatable bonds is 2. The molecular weight excluding hydrogens is 328 g/mol. The van der Waals surface area contributed by atoms with Crippen molar-refractivity contribution in [1.82, 2.24) is 0 Å². The Morgan fingerprint density at radius 3 is 1.81 bits per heavy atom. The third-order valence-electron chi connectivity index (χ3n) is 4.61. The molecule has 3 aromatic rings. The van der Waals surface area contributed by atoms with Crippen molar-refractivity contribution in [2.75, 3.05) is 11.5 Å². The zero-order valence-corrected chi connectivity index (χ0v) is 14.1. The number of hydrogen-bond acceptors (Lipinski definition) is 5. The van der Waals surface area contributed by atoms with Crippen LogP contribution in [-0.4, -0.2) is 11.6 Å². The number of nitrogen functional groups attached to an aromatic ring is 2. The molecular formula is C21H16N2O3. The van der Waals surface area contributed by atoms with E-state index in [1.807, 2.05) is 18.2 Å². The van der Waals surface area contributed by atoms with Gasteiger partial charge >= 0.3 is 0 Å². The predicted molar refractivity (Wildman–Crippen MR) is 99.8 cm³/mol. The fourth-order valence-corrected chi connectivity index (χ4v) is 3.25. The van der Waals surface area contributed by atoms with Crippen LogP contribution in [0, 0.1) is 6.92 Å². The van der Waals surface area contributed by atoms with E-state index in [0.29, 0.717) is 28.2 Å². The highest BCUT2D eigenvalue weighted by molar-refractivity contribution is 6.32. The lowest BCUT2D eigenvalue weighted by atomic mass is 9.81. The van der Waals surface area contributed by atoms with Gasteiger partial charge in [-0.2, -0.15) is 0 Å². The predicted octanol–water partition coefficient (Wildman–Crippen LogP) is 3.73. The molecule has 1 aliphatic rings. The molecule has 0 saturated heterocycles. The van der Waals surface area contributed by atoms with Gasteiger partial charge in [-0.1, -0.05) is 42.5 Å². The van der Waals surface area contributed by atoms with Crippen molar-refractivity contribution < 1.29 is 14.3 Å². The summed E-state index contributed by atoms with van der Waals surface area (Å²) >= 11 is 0. The van der Waals surface area contributed by atoms with E-state index in [-0.39, 0.29) is 34.1 Å². The minimum Gasteiger partial charge on any atom is -0.455 e. The third kappa shape index (κ3) is 2.18. The Hall–Kier alpha value is -3.60. The van der Waals surface area contributed by atoms with Crippen LogP contribution in [0.4, 0.5) is 11.4 Å². The summed E-state index contributed by atoms with van der Waals surface area (Å²) in [5, 5.41) is 0. The van der Waals surface area contributed by atoms with E-state index in [1.165, 1.54) is 0 Å². The number of carbonyl (C=O) groups excluding carboxylic acids is 2. The summed E-state index contributed by atoms with van der Waals surface area (Å²) < 4.78 is 5.89. The molecule has 128 valence electrons. The maximum absolute atomic E-state index is 13.0. The van der Waals surface area contributed by atoms with Crippen molar-refractivity contribution in [2.45, 2.75) is 6.92 Å². The number of ether oxygens (including phenoxy) is 1. The Labute approximate surface area is 150 Å². The molecule has 5 heteroatoms. The summed E-state index contributed by atoms with van der Waals surface area (Å²) in [7, 11) is 0. The van der Waals surface area contributed by atoms with Crippen LogP contribution in [-0.2, 0) is 0 Å². The van der Waals surface area contributed by atoms with Gasteiger partial charge in [-0.3, -0.25) is 9.59 Å². The summed E-state index contributed by atoms with van der Waals surface area (Å²) in [4.78, 5) is 25.9. The zero-order valence-electron chi connectivity index (χ0n) is 14.1. The zero-order chi connectivity index (χ0) is 18.4. The lowest BCUT2D eigenvalue weighted by Gasteiger charge is -2.24. The first kappa shape index (κ1) is 15.9. The molecule has 0 amide bonds. The molecule has 0 fully saturated rings. The quantitative estimate of drug-likeness (QED) is 0.540. The van der Waals surface area contributed by atoms with Crippen LogP contribution < -0.4 is 16.2 Å². The van der Waals surface area contributed by atoms with Gasteiger partial charge in [0.05, 0.1) is 22.5 Å². The minimum absolute atomic E-state index is 0.114. The van der Waals surface area contributed by atoms with Gasteiger partial charge in [0.15, 0.2) is 17.3 Å². The first-order chi connectivity index (χ1) is 12.5. The van der Waals surface area contributed by atoms with E-state index in [1.54, 1.807) is 43.3 Å². The van der Waals surface area contributed by atoms with E-state index < -0.39 is 0 Å². The fourth-order valence-electron chi connectivity index (χ4n) is 3.25. The van der Waals surface area contributed by atoms with Crippen molar-refractivity contribution in [3.8, 4) is 11.5 Å². The highest BCUT2D eigenvalue weighted by Crippen LogP contribution is 2.43. The standard InChI is InChI=1S/C21H16N2O3/c1-11-17(22)15-16(18(23)21(11)26-12-7-3-2-4-8-12)20(25)14-10-6-5-9-13(14)19(15)24/h2-10H,22-23H2,1H3. The molecule has 4 rings (SSSR count). The van der Waals surface area contributed by atoms with E-state index in [0.717, 1.165) is 0 Å². The number of fused-ring (bicyclic) bond motifs is 2. The van der Waals surface area contributed by atoms with Crippen molar-refractivity contribution in [1.29, 1.82) is 0 Å². The lowest BCUT2D eigenvalue weighted by Crippen LogP contribution is -2.24. The number of ketones is 2. The number of benzene rings is 3. The molecule has 5 nitrogen and oxygen atoms in total. The van der Waals surface area contributed by atoms with Gasteiger partial charge in [0.1, 0.15) is 5.75 Å². The van der Waals surface area contributed by atoms with Crippen LogP contribution in [0.3, 0.4) is 0 Å². The van der Waals surface area contributed by atoms with Gasteiger partial charge in [-0.25, -0.2) is 0 Å². The average molecular weight is 344 g/mol. The molecule has 4 N–H and O–H groups in total. The summed E-state index contributed by atoms with van der Waals surface area (Å²) in [5.74, 6) is 0.246. The molecule has 0 spiro atoms. The first-order valence-corrected chi connectivity index (χ1v) is 8.13. The molecule has 0 saturated carbocycles. The summed E-state index contributed by atoms with van der Waals surface area (Å²) in [6.45, 7) is 1.72. The third-order valence-corrected chi connectivity index (χ3v) is 4.61.